The maximum absolute atomic E-state index is 13.2. The van der Waals surface area contributed by atoms with E-state index >= 15 is 0 Å². The van der Waals surface area contributed by atoms with Crippen LogP contribution in [0.3, 0.4) is 0 Å². The number of hydrogen-bond acceptors (Lipinski definition) is 5. The molecule has 1 aliphatic heterocycles. The summed E-state index contributed by atoms with van der Waals surface area (Å²) >= 11 is 0. The molecule has 3 aromatic heterocycles. The molecule has 1 N–H and O–H groups in total. The molecule has 4 aromatic rings. The first-order chi connectivity index (χ1) is 14.9. The Bertz CT molecular complexity index is 1410. The molecule has 1 aliphatic rings. The number of H-pyrrole nitrogens is 1. The van der Waals surface area contributed by atoms with Crippen LogP contribution in [0.2, 0.25) is 0 Å². The normalized spacial score (nSPS) is 16.8. The fourth-order valence-corrected chi connectivity index (χ4v) is 4.32. The average Bonchev–Trinajstić information content (AvgIpc) is 3.25. The molecule has 9 nitrogen and oxygen atoms in total. The maximum Gasteiger partial charge on any atom is 0.332 e. The minimum absolute atomic E-state index is 0.118. The van der Waals surface area contributed by atoms with Crippen molar-refractivity contribution in [2.24, 2.45) is 14.1 Å². The van der Waals surface area contributed by atoms with Gasteiger partial charge in [-0.05, 0) is 31.0 Å². The summed E-state index contributed by atoms with van der Waals surface area (Å²) in [5.41, 5.74) is 1.60. The van der Waals surface area contributed by atoms with Gasteiger partial charge in [-0.3, -0.25) is 18.7 Å². The summed E-state index contributed by atoms with van der Waals surface area (Å²) in [5, 5.41) is 0.251. The van der Waals surface area contributed by atoms with Crippen molar-refractivity contribution in [3.63, 3.8) is 0 Å². The van der Waals surface area contributed by atoms with Gasteiger partial charge in [0.25, 0.3) is 11.5 Å². The highest BCUT2D eigenvalue weighted by Gasteiger charge is 2.28. The van der Waals surface area contributed by atoms with Gasteiger partial charge in [0.2, 0.25) is 0 Å². The van der Waals surface area contributed by atoms with Crippen LogP contribution in [0.1, 0.15) is 34.9 Å². The molecule has 1 atom stereocenters. The number of aromatic nitrogens is 5. The third kappa shape index (κ3) is 3.13. The van der Waals surface area contributed by atoms with Crippen LogP contribution in [0.25, 0.3) is 22.1 Å². The molecule has 4 heterocycles. The Morgan fingerprint density at radius 2 is 1.97 bits per heavy atom. The lowest BCUT2D eigenvalue weighted by molar-refractivity contribution is 0.0704. The van der Waals surface area contributed by atoms with Gasteiger partial charge in [0.15, 0.2) is 0 Å². The SMILES string of the molecule is Cn1c(=O)c2cc(C(=O)N3CCCC(c4nc5ccccc5[nH]4)C3)cnc2n(C)c1=O. The molecule has 0 spiro atoms. The van der Waals surface area contributed by atoms with Gasteiger partial charge >= 0.3 is 5.69 Å². The number of aromatic amines is 1. The Kier molecular flexibility index (Phi) is 4.46. The highest BCUT2D eigenvalue weighted by Crippen LogP contribution is 2.27. The Hall–Kier alpha value is -3.75. The van der Waals surface area contributed by atoms with E-state index < -0.39 is 11.2 Å². The van der Waals surface area contributed by atoms with E-state index in [0.29, 0.717) is 18.7 Å². The summed E-state index contributed by atoms with van der Waals surface area (Å²) in [6.07, 6.45) is 3.25. The van der Waals surface area contributed by atoms with Gasteiger partial charge in [-0.1, -0.05) is 12.1 Å². The fourth-order valence-electron chi connectivity index (χ4n) is 4.32. The third-order valence-electron chi connectivity index (χ3n) is 6.04. The van der Waals surface area contributed by atoms with Crippen molar-refractivity contribution in [1.82, 2.24) is 29.0 Å². The van der Waals surface area contributed by atoms with Crippen molar-refractivity contribution >= 4 is 28.0 Å². The third-order valence-corrected chi connectivity index (χ3v) is 6.04. The van der Waals surface area contributed by atoms with Gasteiger partial charge in [-0.15, -0.1) is 0 Å². The number of nitrogens with zero attached hydrogens (tertiary/aromatic N) is 5. The van der Waals surface area contributed by atoms with Crippen molar-refractivity contribution in [3.8, 4) is 0 Å². The minimum Gasteiger partial charge on any atom is -0.342 e. The van der Waals surface area contributed by atoms with Crippen LogP contribution < -0.4 is 11.2 Å². The average molecular weight is 418 g/mol. The Morgan fingerprint density at radius 1 is 1.16 bits per heavy atom. The summed E-state index contributed by atoms with van der Waals surface area (Å²) in [7, 11) is 2.97. The van der Waals surface area contributed by atoms with Gasteiger partial charge in [-0.25, -0.2) is 14.8 Å². The molecule has 1 unspecified atom stereocenters. The first-order valence-electron chi connectivity index (χ1n) is 10.2. The zero-order valence-electron chi connectivity index (χ0n) is 17.3. The lowest BCUT2D eigenvalue weighted by Crippen LogP contribution is -2.40. The molecule has 5 rings (SSSR count). The van der Waals surface area contributed by atoms with Gasteiger partial charge < -0.3 is 9.88 Å². The minimum atomic E-state index is -0.459. The molecular formula is C22H22N6O3. The molecule has 0 saturated carbocycles. The highest BCUT2D eigenvalue weighted by atomic mass is 16.2. The van der Waals surface area contributed by atoms with Gasteiger partial charge in [0, 0.05) is 39.3 Å². The number of carbonyl (C=O) groups is 1. The summed E-state index contributed by atoms with van der Waals surface area (Å²) in [5.74, 6) is 0.831. The number of imidazole rings is 1. The van der Waals surface area contributed by atoms with Crippen molar-refractivity contribution < 1.29 is 4.79 Å². The number of likely N-dealkylation sites (tertiary alicyclic amines) is 1. The first-order valence-corrected chi connectivity index (χ1v) is 10.2. The molecule has 158 valence electrons. The topological polar surface area (TPSA) is 106 Å². The number of pyridine rings is 1. The monoisotopic (exact) mass is 418 g/mol. The van der Waals surface area contributed by atoms with E-state index in [1.165, 1.54) is 23.9 Å². The number of piperidine rings is 1. The second-order valence-electron chi connectivity index (χ2n) is 8.03. The number of amides is 1. The van der Waals surface area contributed by atoms with Crippen LogP contribution in [0, 0.1) is 0 Å². The lowest BCUT2D eigenvalue weighted by atomic mass is 9.97. The van der Waals surface area contributed by atoms with Crippen LogP contribution in [0.5, 0.6) is 0 Å². The smallest absolute Gasteiger partial charge is 0.332 e. The van der Waals surface area contributed by atoms with E-state index in [1.54, 1.807) is 11.9 Å². The number of aryl methyl sites for hydroxylation is 1. The molecule has 0 radical (unpaired) electrons. The fraction of sp³-hybridized carbons (Fsp3) is 0.318. The molecule has 1 fully saturated rings. The summed E-state index contributed by atoms with van der Waals surface area (Å²) < 4.78 is 2.33. The van der Waals surface area contributed by atoms with Crippen LogP contribution in [-0.2, 0) is 14.1 Å². The second-order valence-corrected chi connectivity index (χ2v) is 8.03. The van der Waals surface area contributed by atoms with E-state index in [2.05, 4.69) is 9.97 Å². The summed E-state index contributed by atoms with van der Waals surface area (Å²) in [6, 6.07) is 9.42. The number of rotatable bonds is 2. The number of fused-ring (bicyclic) bond motifs is 2. The quantitative estimate of drug-likeness (QED) is 0.531. The zero-order valence-corrected chi connectivity index (χ0v) is 17.3. The molecule has 1 amide bonds. The molecule has 1 aromatic carbocycles. The predicted molar refractivity (Wildman–Crippen MR) is 116 cm³/mol. The van der Waals surface area contributed by atoms with Crippen LogP contribution >= 0.6 is 0 Å². The number of benzene rings is 1. The maximum atomic E-state index is 13.2. The molecular weight excluding hydrogens is 396 g/mol. The van der Waals surface area contributed by atoms with Crippen molar-refractivity contribution in [2.75, 3.05) is 13.1 Å². The molecule has 0 bridgehead atoms. The number of hydrogen-bond donors (Lipinski definition) is 1. The van der Waals surface area contributed by atoms with E-state index in [-0.39, 0.29) is 22.9 Å². The largest absolute Gasteiger partial charge is 0.342 e. The van der Waals surface area contributed by atoms with Crippen molar-refractivity contribution in [3.05, 3.63) is 68.8 Å². The van der Waals surface area contributed by atoms with E-state index in [4.69, 9.17) is 4.98 Å². The molecule has 1 saturated heterocycles. The van der Waals surface area contributed by atoms with Crippen molar-refractivity contribution in [2.45, 2.75) is 18.8 Å². The van der Waals surface area contributed by atoms with Gasteiger partial charge in [0.05, 0.1) is 22.0 Å². The van der Waals surface area contributed by atoms with Crippen LogP contribution in [0.4, 0.5) is 0 Å². The number of carbonyl (C=O) groups excluding carboxylic acids is 1. The van der Waals surface area contributed by atoms with E-state index in [9.17, 15) is 14.4 Å². The molecule has 31 heavy (non-hydrogen) atoms. The molecule has 9 heteroatoms. The first kappa shape index (κ1) is 19.2. The standard InChI is InChI=1S/C22H22N6O3/c1-26-19-15(21(30)27(2)22(26)31)10-14(11-23-19)20(29)28-9-5-6-13(12-28)18-24-16-7-3-4-8-17(16)25-18/h3-4,7-8,10-11,13H,5-6,9,12H2,1-2H3,(H,24,25). The predicted octanol–water partition coefficient (Wildman–Crippen LogP) is 1.53. The summed E-state index contributed by atoms with van der Waals surface area (Å²) in [4.78, 5) is 52.0. The second kappa shape index (κ2) is 7.19. The number of nitrogens with one attached hydrogen (secondary N) is 1. The Balaban J connectivity index is 1.46. The van der Waals surface area contributed by atoms with Crippen molar-refractivity contribution in [1.29, 1.82) is 0 Å². The van der Waals surface area contributed by atoms with Crippen LogP contribution in [0.15, 0.2) is 46.1 Å². The Labute approximate surface area is 177 Å². The highest BCUT2D eigenvalue weighted by molar-refractivity contribution is 5.96. The zero-order chi connectivity index (χ0) is 21.7. The van der Waals surface area contributed by atoms with E-state index in [1.807, 2.05) is 24.3 Å². The van der Waals surface area contributed by atoms with E-state index in [0.717, 1.165) is 34.3 Å². The molecule has 0 aliphatic carbocycles. The van der Waals surface area contributed by atoms with Crippen LogP contribution in [-0.4, -0.2) is 48.0 Å². The van der Waals surface area contributed by atoms with Gasteiger partial charge in [0.1, 0.15) is 11.5 Å². The Morgan fingerprint density at radius 3 is 2.77 bits per heavy atom. The summed E-state index contributed by atoms with van der Waals surface area (Å²) in [6.45, 7) is 1.18. The number of para-hydroxylation sites is 2. The lowest BCUT2D eigenvalue weighted by Gasteiger charge is -2.32. The van der Waals surface area contributed by atoms with Gasteiger partial charge in [-0.2, -0.15) is 0 Å².